The summed E-state index contributed by atoms with van der Waals surface area (Å²) in [6.07, 6.45) is 0. The second kappa shape index (κ2) is 9.62. The van der Waals surface area contributed by atoms with Gasteiger partial charge in [0.25, 0.3) is 0 Å². The van der Waals surface area contributed by atoms with Gasteiger partial charge in [0.15, 0.2) is 0 Å². The van der Waals surface area contributed by atoms with Gasteiger partial charge in [0, 0.05) is 21.2 Å². The summed E-state index contributed by atoms with van der Waals surface area (Å²) in [5.74, 6) is -2.49. The van der Waals surface area contributed by atoms with Crippen LogP contribution in [0.15, 0.2) is 48.5 Å². The largest absolute Gasteiger partial charge is 2.00 e. The van der Waals surface area contributed by atoms with Gasteiger partial charge in [-0.05, 0) is 12.1 Å². The second-order valence-electron chi connectivity index (χ2n) is 3.53. The van der Waals surface area contributed by atoms with Crippen molar-refractivity contribution in [3.63, 3.8) is 0 Å². The summed E-state index contributed by atoms with van der Waals surface area (Å²) >= 11 is 11.0. The van der Waals surface area contributed by atoms with Gasteiger partial charge in [0.1, 0.15) is 0 Å². The van der Waals surface area contributed by atoms with E-state index >= 15 is 0 Å². The Balaban J connectivity index is 0.000000364. The van der Waals surface area contributed by atoms with Crippen LogP contribution in [0, 0.1) is 0 Å². The van der Waals surface area contributed by atoms with E-state index in [9.17, 15) is 19.8 Å². The number of carboxylic acid groups (broad SMARTS) is 2. The van der Waals surface area contributed by atoms with Crippen molar-refractivity contribution in [1.29, 1.82) is 0 Å². The molecule has 104 valence electrons. The Hall–Kier alpha value is -1.27. The Kier molecular flexibility index (Phi) is 9.04. The molecule has 0 aliphatic carbocycles. The maximum Gasteiger partial charge on any atom is 2.00 e. The van der Waals surface area contributed by atoms with Crippen LogP contribution in [0.5, 0.6) is 0 Å². The van der Waals surface area contributed by atoms with Crippen LogP contribution in [-0.4, -0.2) is 35.0 Å². The first-order valence-corrected chi connectivity index (χ1v) is 6.11. The van der Waals surface area contributed by atoms with E-state index in [1.165, 1.54) is 24.3 Å². The molecule has 2 rings (SSSR count). The number of benzene rings is 2. The minimum absolute atomic E-state index is 0. The van der Waals surface area contributed by atoms with E-state index in [0.717, 1.165) is 0 Å². The molecule has 0 aliphatic rings. The molecule has 0 fully saturated rings. The van der Waals surface area contributed by atoms with Crippen molar-refractivity contribution in [2.75, 3.05) is 0 Å². The van der Waals surface area contributed by atoms with Crippen LogP contribution in [0.3, 0.4) is 0 Å². The van der Waals surface area contributed by atoms with Crippen molar-refractivity contribution in [2.24, 2.45) is 0 Å². The van der Waals surface area contributed by atoms with Crippen LogP contribution in [0.1, 0.15) is 20.7 Å². The maximum absolute atomic E-state index is 10.2. The molecule has 0 amide bonds. The van der Waals surface area contributed by atoms with Gasteiger partial charge in [-0.3, -0.25) is 0 Å². The molecule has 0 saturated heterocycles. The van der Waals surface area contributed by atoms with E-state index in [0.29, 0.717) is 0 Å². The molecule has 0 unspecified atom stereocenters. The Morgan fingerprint density at radius 1 is 0.714 bits per heavy atom. The summed E-state index contributed by atoms with van der Waals surface area (Å²) in [5.41, 5.74) is 0.0633. The first-order valence-electron chi connectivity index (χ1n) is 5.35. The number of halogens is 2. The van der Waals surface area contributed by atoms with Crippen molar-refractivity contribution in [3.05, 3.63) is 69.7 Å². The average molecular weight is 335 g/mol. The number of carbonyl (C=O) groups is 2. The fourth-order valence-corrected chi connectivity index (χ4v) is 1.68. The maximum atomic E-state index is 10.2. The number of rotatable bonds is 2. The molecule has 0 heterocycles. The number of carbonyl (C=O) groups excluding carboxylic acids is 2. The first-order chi connectivity index (χ1) is 9.43. The molecule has 7 heteroatoms. The third-order valence-corrected chi connectivity index (χ3v) is 2.85. The van der Waals surface area contributed by atoms with Gasteiger partial charge in [0.05, 0.1) is 11.9 Å². The third kappa shape index (κ3) is 6.35. The Morgan fingerprint density at radius 2 is 1.00 bits per heavy atom. The molecule has 2 aromatic carbocycles. The van der Waals surface area contributed by atoms with E-state index in [4.69, 9.17) is 23.2 Å². The second-order valence-corrected chi connectivity index (χ2v) is 4.35. The van der Waals surface area contributed by atoms with Crippen LogP contribution in [0.25, 0.3) is 0 Å². The third-order valence-electron chi connectivity index (χ3n) is 2.19. The van der Waals surface area contributed by atoms with Crippen molar-refractivity contribution in [1.82, 2.24) is 0 Å². The van der Waals surface area contributed by atoms with Gasteiger partial charge in [-0.2, -0.15) is 0 Å². The minimum atomic E-state index is -1.24. The molecule has 4 nitrogen and oxygen atoms in total. The molecule has 0 saturated carbocycles. The molecule has 0 radical (unpaired) electrons. The van der Waals surface area contributed by atoms with Crippen molar-refractivity contribution < 1.29 is 19.8 Å². The molecule has 0 aliphatic heterocycles. The summed E-state index contributed by atoms with van der Waals surface area (Å²) in [4.78, 5) is 20.5. The van der Waals surface area contributed by atoms with Crippen LogP contribution >= 0.6 is 23.2 Å². The van der Waals surface area contributed by atoms with Crippen molar-refractivity contribution >= 4 is 58.2 Å². The summed E-state index contributed by atoms with van der Waals surface area (Å²) < 4.78 is 0. The van der Waals surface area contributed by atoms with Gasteiger partial charge in [-0.25, -0.2) is 0 Å². The van der Waals surface area contributed by atoms with Gasteiger partial charge >= 0.3 is 23.1 Å². The Morgan fingerprint density at radius 3 is 1.19 bits per heavy atom. The van der Waals surface area contributed by atoms with Crippen molar-refractivity contribution in [2.45, 2.75) is 0 Å². The molecule has 2 aromatic rings. The quantitative estimate of drug-likeness (QED) is 0.768. The SMILES string of the molecule is O=C([O-])c1ccccc1Cl.O=C([O-])c1ccccc1Cl.[Mg+2]. The van der Waals surface area contributed by atoms with Gasteiger partial charge in [-0.1, -0.05) is 59.6 Å². The average Bonchev–Trinajstić information content (AvgIpc) is 2.40. The zero-order chi connectivity index (χ0) is 15.1. The molecule has 0 aromatic heterocycles. The standard InChI is InChI=1S/2C7H5ClO2.Mg/c2*8-6-4-2-1-3-5(6)7(9)10;/h2*1-4H,(H,9,10);/q;;+2/p-2. The number of aromatic carboxylic acids is 2. The zero-order valence-corrected chi connectivity index (χ0v) is 13.6. The predicted octanol–water partition coefficient (Wildman–Crippen LogP) is 1.03. The monoisotopic (exact) mass is 334 g/mol. The fourth-order valence-electron chi connectivity index (χ4n) is 1.25. The normalized spacial score (nSPS) is 8.86. The van der Waals surface area contributed by atoms with Crippen LogP contribution < -0.4 is 10.2 Å². The molecular weight excluding hydrogens is 327 g/mol. The van der Waals surface area contributed by atoms with Crippen molar-refractivity contribution in [3.8, 4) is 0 Å². The summed E-state index contributed by atoms with van der Waals surface area (Å²) in [6, 6.07) is 12.3. The van der Waals surface area contributed by atoms with Crippen LogP contribution in [0.4, 0.5) is 0 Å². The van der Waals surface area contributed by atoms with E-state index in [-0.39, 0.29) is 44.2 Å². The Bertz CT molecular complexity index is 576. The molecule has 0 atom stereocenters. The summed E-state index contributed by atoms with van der Waals surface area (Å²) in [5, 5.41) is 20.9. The van der Waals surface area contributed by atoms with Gasteiger partial charge in [-0.15, -0.1) is 0 Å². The van der Waals surface area contributed by atoms with E-state index in [1.54, 1.807) is 24.3 Å². The number of carboxylic acids is 2. The van der Waals surface area contributed by atoms with Crippen LogP contribution in [0.2, 0.25) is 10.0 Å². The number of hydrogen-bond donors (Lipinski definition) is 0. The Labute approximate surface area is 147 Å². The fraction of sp³-hybridized carbons (Fsp3) is 0. The predicted molar refractivity (Wildman–Crippen MR) is 77.3 cm³/mol. The topological polar surface area (TPSA) is 80.3 Å². The van der Waals surface area contributed by atoms with E-state index < -0.39 is 11.9 Å². The summed E-state index contributed by atoms with van der Waals surface area (Å²) in [7, 11) is 0. The van der Waals surface area contributed by atoms with Gasteiger partial charge in [0.2, 0.25) is 0 Å². The molecular formula is C14H8Cl2MgO4. The molecule has 0 bridgehead atoms. The van der Waals surface area contributed by atoms with Crippen LogP contribution in [-0.2, 0) is 0 Å². The molecule has 0 spiro atoms. The zero-order valence-electron chi connectivity index (χ0n) is 10.7. The summed E-state index contributed by atoms with van der Waals surface area (Å²) in [6.45, 7) is 0. The first kappa shape index (κ1) is 19.7. The molecule has 21 heavy (non-hydrogen) atoms. The molecule has 0 N–H and O–H groups in total. The number of hydrogen-bond acceptors (Lipinski definition) is 4. The smallest absolute Gasteiger partial charge is 0.545 e. The minimum Gasteiger partial charge on any atom is -0.545 e. The van der Waals surface area contributed by atoms with E-state index in [1.807, 2.05) is 0 Å². The van der Waals surface area contributed by atoms with E-state index in [2.05, 4.69) is 0 Å². The van der Waals surface area contributed by atoms with Gasteiger partial charge < -0.3 is 19.8 Å².